The van der Waals surface area contributed by atoms with Gasteiger partial charge in [0.15, 0.2) is 0 Å². The zero-order valence-corrected chi connectivity index (χ0v) is 15.6. The van der Waals surface area contributed by atoms with Crippen LogP contribution in [0.3, 0.4) is 0 Å². The highest BCUT2D eigenvalue weighted by molar-refractivity contribution is 5.38. The van der Waals surface area contributed by atoms with Gasteiger partial charge in [-0.2, -0.15) is 5.10 Å². The summed E-state index contributed by atoms with van der Waals surface area (Å²) in [6.45, 7) is 15.4. The Morgan fingerprint density at radius 1 is 1.00 bits per heavy atom. The third-order valence-corrected chi connectivity index (χ3v) is 3.98. The molecule has 1 aromatic carbocycles. The Morgan fingerprint density at radius 3 is 2.00 bits per heavy atom. The molecule has 3 heteroatoms. The maximum atomic E-state index is 5.89. The molecule has 1 atom stereocenters. The topological polar surface area (TPSA) is 43.8 Å². The SMILES string of the molecule is CC(N)Cc1ccc(-n2nc(C(C)(C)C)cc2C(C)(C)C)cc1. The lowest BCUT2D eigenvalue weighted by Crippen LogP contribution is -2.18. The lowest BCUT2D eigenvalue weighted by molar-refractivity contribution is 0.537. The number of benzene rings is 1. The minimum atomic E-state index is 0.0418. The summed E-state index contributed by atoms with van der Waals surface area (Å²) in [5, 5.41) is 4.90. The molecule has 0 bridgehead atoms. The molecule has 0 fully saturated rings. The minimum Gasteiger partial charge on any atom is -0.328 e. The van der Waals surface area contributed by atoms with Gasteiger partial charge in [-0.15, -0.1) is 0 Å². The van der Waals surface area contributed by atoms with Crippen LogP contribution in [0.2, 0.25) is 0 Å². The first-order valence-electron chi connectivity index (χ1n) is 8.44. The van der Waals surface area contributed by atoms with Crippen molar-refractivity contribution in [1.29, 1.82) is 0 Å². The van der Waals surface area contributed by atoms with Gasteiger partial charge in [-0.25, -0.2) is 4.68 Å². The summed E-state index contributed by atoms with van der Waals surface area (Å²) in [4.78, 5) is 0. The van der Waals surface area contributed by atoms with E-state index in [1.54, 1.807) is 0 Å². The second-order valence-electron chi connectivity index (χ2n) is 8.67. The largest absolute Gasteiger partial charge is 0.328 e. The fraction of sp³-hybridized carbons (Fsp3) is 0.550. The van der Waals surface area contributed by atoms with Gasteiger partial charge in [-0.05, 0) is 37.1 Å². The van der Waals surface area contributed by atoms with Crippen molar-refractivity contribution in [1.82, 2.24) is 9.78 Å². The Hall–Kier alpha value is -1.61. The molecule has 3 nitrogen and oxygen atoms in total. The van der Waals surface area contributed by atoms with Crippen LogP contribution in [0.1, 0.15) is 65.4 Å². The highest BCUT2D eigenvalue weighted by Gasteiger charge is 2.26. The molecule has 126 valence electrons. The molecule has 0 amide bonds. The Kier molecular flexibility index (Phi) is 4.72. The van der Waals surface area contributed by atoms with Gasteiger partial charge in [0.2, 0.25) is 0 Å². The van der Waals surface area contributed by atoms with Crippen molar-refractivity contribution in [2.75, 3.05) is 0 Å². The Morgan fingerprint density at radius 2 is 1.57 bits per heavy atom. The zero-order valence-electron chi connectivity index (χ0n) is 15.6. The van der Waals surface area contributed by atoms with E-state index in [2.05, 4.69) is 76.6 Å². The van der Waals surface area contributed by atoms with Gasteiger partial charge in [-0.1, -0.05) is 53.7 Å². The average molecular weight is 313 g/mol. The van der Waals surface area contributed by atoms with Crippen LogP contribution in [0.25, 0.3) is 5.69 Å². The van der Waals surface area contributed by atoms with E-state index in [0.717, 1.165) is 17.8 Å². The Labute approximate surface area is 140 Å². The first-order chi connectivity index (χ1) is 10.5. The van der Waals surface area contributed by atoms with Crippen LogP contribution in [0, 0.1) is 0 Å². The van der Waals surface area contributed by atoms with Crippen LogP contribution < -0.4 is 5.73 Å². The van der Waals surface area contributed by atoms with Gasteiger partial charge in [0.25, 0.3) is 0 Å². The summed E-state index contributed by atoms with van der Waals surface area (Å²) >= 11 is 0. The van der Waals surface area contributed by atoms with Gasteiger partial charge < -0.3 is 5.73 Å². The minimum absolute atomic E-state index is 0.0418. The van der Waals surface area contributed by atoms with Gasteiger partial charge in [0.05, 0.1) is 11.4 Å². The maximum absolute atomic E-state index is 5.89. The van der Waals surface area contributed by atoms with Gasteiger partial charge >= 0.3 is 0 Å². The van der Waals surface area contributed by atoms with Crippen LogP contribution in [0.4, 0.5) is 0 Å². The van der Waals surface area contributed by atoms with E-state index in [1.165, 1.54) is 11.3 Å². The van der Waals surface area contributed by atoms with Gasteiger partial charge in [0.1, 0.15) is 0 Å². The molecule has 0 aliphatic heterocycles. The maximum Gasteiger partial charge on any atom is 0.0685 e. The van der Waals surface area contributed by atoms with E-state index in [1.807, 2.05) is 6.92 Å². The van der Waals surface area contributed by atoms with E-state index < -0.39 is 0 Å². The monoisotopic (exact) mass is 313 g/mol. The summed E-state index contributed by atoms with van der Waals surface area (Å²) < 4.78 is 2.09. The molecule has 1 heterocycles. The smallest absolute Gasteiger partial charge is 0.0685 e. The molecule has 0 spiro atoms. The highest BCUT2D eigenvalue weighted by atomic mass is 15.3. The molecule has 23 heavy (non-hydrogen) atoms. The standard InChI is InChI=1S/C20H31N3/c1-14(21)12-15-8-10-16(11-9-15)23-18(20(5,6)7)13-17(22-23)19(2,3)4/h8-11,13-14H,12,21H2,1-7H3. The van der Waals surface area contributed by atoms with Crippen molar-refractivity contribution in [2.24, 2.45) is 5.73 Å². The van der Waals surface area contributed by atoms with Crippen LogP contribution >= 0.6 is 0 Å². The molecule has 0 saturated heterocycles. The summed E-state index contributed by atoms with van der Waals surface area (Å²) in [6, 6.07) is 11.0. The predicted octanol–water partition coefficient (Wildman–Crippen LogP) is 4.36. The van der Waals surface area contributed by atoms with Crippen molar-refractivity contribution < 1.29 is 0 Å². The molecule has 2 N–H and O–H groups in total. The molecule has 2 rings (SSSR count). The third-order valence-electron chi connectivity index (χ3n) is 3.98. The molecular formula is C20H31N3. The Bertz CT molecular complexity index is 650. The van der Waals surface area contributed by atoms with Crippen LogP contribution in [0.5, 0.6) is 0 Å². The van der Waals surface area contributed by atoms with Crippen molar-refractivity contribution in [2.45, 2.75) is 71.8 Å². The second kappa shape index (κ2) is 6.12. The number of hydrogen-bond acceptors (Lipinski definition) is 2. The van der Waals surface area contributed by atoms with Crippen LogP contribution in [-0.2, 0) is 17.3 Å². The molecule has 0 aliphatic carbocycles. The summed E-state index contributed by atoms with van der Waals surface area (Å²) in [5.41, 5.74) is 10.7. The molecule has 0 aliphatic rings. The van der Waals surface area contributed by atoms with Crippen molar-refractivity contribution in [3.8, 4) is 5.69 Å². The van der Waals surface area contributed by atoms with Crippen molar-refractivity contribution >= 4 is 0 Å². The summed E-state index contributed by atoms with van der Waals surface area (Å²) in [7, 11) is 0. The second-order valence-corrected chi connectivity index (χ2v) is 8.67. The molecule has 2 aromatic rings. The highest BCUT2D eigenvalue weighted by Crippen LogP contribution is 2.30. The van der Waals surface area contributed by atoms with Crippen molar-refractivity contribution in [3.05, 3.63) is 47.3 Å². The lowest BCUT2D eigenvalue weighted by Gasteiger charge is -2.20. The first kappa shape index (κ1) is 17.7. The fourth-order valence-electron chi connectivity index (χ4n) is 2.62. The molecule has 1 unspecified atom stereocenters. The van der Waals surface area contributed by atoms with E-state index in [9.17, 15) is 0 Å². The van der Waals surface area contributed by atoms with E-state index in [0.29, 0.717) is 0 Å². The van der Waals surface area contributed by atoms with Gasteiger partial charge in [0, 0.05) is 22.6 Å². The molecule has 0 radical (unpaired) electrons. The van der Waals surface area contributed by atoms with Crippen molar-refractivity contribution in [3.63, 3.8) is 0 Å². The number of aromatic nitrogens is 2. The first-order valence-corrected chi connectivity index (χ1v) is 8.44. The van der Waals surface area contributed by atoms with E-state index in [-0.39, 0.29) is 16.9 Å². The molecule has 0 saturated carbocycles. The van der Waals surface area contributed by atoms with Gasteiger partial charge in [-0.3, -0.25) is 0 Å². The quantitative estimate of drug-likeness (QED) is 0.915. The third kappa shape index (κ3) is 4.23. The van der Waals surface area contributed by atoms with E-state index in [4.69, 9.17) is 10.8 Å². The molecular weight excluding hydrogens is 282 g/mol. The fourth-order valence-corrected chi connectivity index (χ4v) is 2.62. The number of rotatable bonds is 3. The Balaban J connectivity index is 2.47. The summed E-state index contributed by atoms with van der Waals surface area (Å²) in [5.74, 6) is 0. The predicted molar refractivity (Wildman–Crippen MR) is 98.3 cm³/mol. The van der Waals surface area contributed by atoms with E-state index >= 15 is 0 Å². The van der Waals surface area contributed by atoms with Crippen LogP contribution in [-0.4, -0.2) is 15.8 Å². The summed E-state index contributed by atoms with van der Waals surface area (Å²) in [6.07, 6.45) is 0.902. The average Bonchev–Trinajstić information content (AvgIpc) is 2.83. The van der Waals surface area contributed by atoms with Crippen LogP contribution in [0.15, 0.2) is 30.3 Å². The zero-order chi connectivity index (χ0) is 17.4. The normalized spacial score (nSPS) is 14.1. The number of nitrogens with zero attached hydrogens (tertiary/aromatic N) is 2. The number of nitrogens with two attached hydrogens (primary N) is 1. The lowest BCUT2D eigenvalue weighted by atomic mass is 9.88. The molecule has 1 aromatic heterocycles. The number of hydrogen-bond donors (Lipinski definition) is 1.